The van der Waals surface area contributed by atoms with Crippen LogP contribution in [0.15, 0.2) is 47.3 Å². The quantitative estimate of drug-likeness (QED) is 0.656. The lowest BCUT2D eigenvalue weighted by atomic mass is 10.2. The molecule has 3 aromatic rings. The Labute approximate surface area is 149 Å². The van der Waals surface area contributed by atoms with Crippen LogP contribution in [-0.2, 0) is 11.3 Å². The van der Waals surface area contributed by atoms with Crippen LogP contribution in [0.4, 0.5) is 5.69 Å². The summed E-state index contributed by atoms with van der Waals surface area (Å²) in [6, 6.07) is 12.5. The number of halogens is 1. The molecule has 0 radical (unpaired) electrons. The lowest BCUT2D eigenvalue weighted by Crippen LogP contribution is -2.39. The number of likely N-dealkylation sites (N-methyl/N-ethyl adjacent to an activating group) is 1. The van der Waals surface area contributed by atoms with Crippen molar-refractivity contribution in [3.63, 3.8) is 0 Å². The molecule has 0 aliphatic carbocycles. The maximum atomic E-state index is 12.5. The Kier molecular flexibility index (Phi) is 4.92. The summed E-state index contributed by atoms with van der Waals surface area (Å²) < 4.78 is 0. The summed E-state index contributed by atoms with van der Waals surface area (Å²) in [4.78, 5) is 31.1. The highest BCUT2D eigenvalue weighted by Gasteiger charge is 2.19. The van der Waals surface area contributed by atoms with Gasteiger partial charge in [-0.3, -0.25) is 9.69 Å². The number of imidazole rings is 1. The zero-order valence-electron chi connectivity index (χ0n) is 14.0. The molecule has 1 aromatic heterocycles. The van der Waals surface area contributed by atoms with Crippen molar-refractivity contribution in [3.8, 4) is 0 Å². The van der Waals surface area contributed by atoms with E-state index in [2.05, 4.69) is 15.3 Å². The number of benzene rings is 2. The molecule has 0 bridgehead atoms. The summed E-state index contributed by atoms with van der Waals surface area (Å²) in [7, 11) is 1.88. The second kappa shape index (κ2) is 7.13. The Balaban J connectivity index is 1.68. The molecule has 130 valence electrons. The van der Waals surface area contributed by atoms with Crippen molar-refractivity contribution >= 4 is 34.2 Å². The van der Waals surface area contributed by atoms with Crippen molar-refractivity contribution in [1.82, 2.24) is 14.9 Å². The molecule has 0 spiro atoms. The predicted octanol–water partition coefficient (Wildman–Crippen LogP) is 2.97. The van der Waals surface area contributed by atoms with Crippen molar-refractivity contribution in [2.24, 2.45) is 0 Å². The fourth-order valence-corrected chi connectivity index (χ4v) is 2.78. The smallest absolute Gasteiger partial charge is 0.323 e. The first-order valence-electron chi connectivity index (χ1n) is 7.90. The third-order valence-electron chi connectivity index (χ3n) is 4.20. The molecule has 0 aliphatic rings. The largest absolute Gasteiger partial charge is 0.325 e. The van der Waals surface area contributed by atoms with Crippen molar-refractivity contribution in [2.45, 2.75) is 19.5 Å². The number of anilines is 1. The van der Waals surface area contributed by atoms with Crippen LogP contribution in [0.5, 0.6) is 0 Å². The van der Waals surface area contributed by atoms with Crippen LogP contribution < -0.4 is 11.0 Å². The van der Waals surface area contributed by atoms with E-state index in [1.165, 1.54) is 0 Å². The summed E-state index contributed by atoms with van der Waals surface area (Å²) in [6.07, 6.45) is 0. The van der Waals surface area contributed by atoms with E-state index in [0.717, 1.165) is 5.56 Å². The molecular formula is C18H19ClN4O2. The van der Waals surface area contributed by atoms with E-state index >= 15 is 0 Å². The van der Waals surface area contributed by atoms with Crippen LogP contribution in [0.25, 0.3) is 11.0 Å². The standard InChI is InChI=1S/C18H19ClN4O2/c1-11(23(2)10-12-5-3-4-6-14(12)19)17(24)20-13-7-8-15-16(9-13)22-18(25)21-15/h3-9,11H,10H2,1-2H3,(H,20,24)(H2,21,22,25)/t11-/m1/s1. The molecule has 2 aromatic carbocycles. The van der Waals surface area contributed by atoms with Crippen LogP contribution in [-0.4, -0.2) is 33.9 Å². The number of carbonyl (C=O) groups is 1. The van der Waals surface area contributed by atoms with Gasteiger partial charge in [-0.05, 0) is 43.8 Å². The minimum Gasteiger partial charge on any atom is -0.325 e. The first kappa shape index (κ1) is 17.3. The second-order valence-corrected chi connectivity index (χ2v) is 6.42. The lowest BCUT2D eigenvalue weighted by Gasteiger charge is -2.24. The van der Waals surface area contributed by atoms with Gasteiger partial charge in [-0.15, -0.1) is 0 Å². The maximum absolute atomic E-state index is 12.5. The van der Waals surface area contributed by atoms with Gasteiger partial charge in [0.25, 0.3) is 0 Å². The molecule has 3 N–H and O–H groups in total. The number of nitrogens with zero attached hydrogens (tertiary/aromatic N) is 1. The van der Waals surface area contributed by atoms with Gasteiger partial charge in [-0.25, -0.2) is 4.79 Å². The second-order valence-electron chi connectivity index (χ2n) is 6.01. The number of hydrogen-bond donors (Lipinski definition) is 3. The topological polar surface area (TPSA) is 81.0 Å². The highest BCUT2D eigenvalue weighted by atomic mass is 35.5. The van der Waals surface area contributed by atoms with E-state index in [4.69, 9.17) is 11.6 Å². The van der Waals surface area contributed by atoms with E-state index in [9.17, 15) is 9.59 Å². The van der Waals surface area contributed by atoms with Crippen LogP contribution in [0.3, 0.4) is 0 Å². The fraction of sp³-hybridized carbons (Fsp3) is 0.222. The highest BCUT2D eigenvalue weighted by molar-refractivity contribution is 6.31. The van der Waals surface area contributed by atoms with Gasteiger partial charge in [-0.2, -0.15) is 0 Å². The van der Waals surface area contributed by atoms with Crippen molar-refractivity contribution in [3.05, 3.63) is 63.5 Å². The molecule has 6 nitrogen and oxygen atoms in total. The molecule has 0 saturated heterocycles. The summed E-state index contributed by atoms with van der Waals surface area (Å²) in [5, 5.41) is 3.56. The normalized spacial score (nSPS) is 12.5. The minimum atomic E-state index is -0.350. The predicted molar refractivity (Wildman–Crippen MR) is 99.9 cm³/mol. The average Bonchev–Trinajstić information content (AvgIpc) is 2.95. The van der Waals surface area contributed by atoms with Gasteiger partial charge in [0, 0.05) is 17.3 Å². The van der Waals surface area contributed by atoms with E-state index < -0.39 is 0 Å². The number of aromatic amines is 2. The average molecular weight is 359 g/mol. The van der Waals surface area contributed by atoms with Crippen LogP contribution in [0, 0.1) is 0 Å². The Hall–Kier alpha value is -2.57. The number of amides is 1. The highest BCUT2D eigenvalue weighted by Crippen LogP contribution is 2.18. The van der Waals surface area contributed by atoms with E-state index in [-0.39, 0.29) is 17.6 Å². The first-order chi connectivity index (χ1) is 11.9. The molecule has 0 saturated carbocycles. The zero-order valence-corrected chi connectivity index (χ0v) is 14.7. The number of fused-ring (bicyclic) bond motifs is 1. The molecule has 3 rings (SSSR count). The minimum absolute atomic E-state index is 0.133. The Morgan fingerprint density at radius 1 is 1.20 bits per heavy atom. The van der Waals surface area contributed by atoms with Gasteiger partial charge in [-0.1, -0.05) is 29.8 Å². The monoisotopic (exact) mass is 358 g/mol. The first-order valence-corrected chi connectivity index (χ1v) is 8.28. The molecule has 1 atom stereocenters. The molecule has 7 heteroatoms. The molecule has 1 amide bonds. The lowest BCUT2D eigenvalue weighted by molar-refractivity contribution is -0.120. The Bertz CT molecular complexity index is 963. The summed E-state index contributed by atoms with van der Waals surface area (Å²) in [5.74, 6) is -0.133. The van der Waals surface area contributed by atoms with Crippen LogP contribution in [0.1, 0.15) is 12.5 Å². The zero-order chi connectivity index (χ0) is 18.0. The number of nitrogens with one attached hydrogen (secondary N) is 3. The van der Waals surface area contributed by atoms with Gasteiger partial charge in [0.05, 0.1) is 17.1 Å². The van der Waals surface area contributed by atoms with Crippen molar-refractivity contribution < 1.29 is 4.79 Å². The number of aromatic nitrogens is 2. The summed E-state index contributed by atoms with van der Waals surface area (Å²) >= 11 is 6.18. The number of hydrogen-bond acceptors (Lipinski definition) is 3. The van der Waals surface area contributed by atoms with Crippen molar-refractivity contribution in [1.29, 1.82) is 0 Å². The number of carbonyl (C=O) groups excluding carboxylic acids is 1. The molecule has 1 heterocycles. The van der Waals surface area contributed by atoms with E-state index in [0.29, 0.717) is 28.3 Å². The summed E-state index contributed by atoms with van der Waals surface area (Å²) in [6.45, 7) is 2.40. The maximum Gasteiger partial charge on any atom is 0.323 e. The van der Waals surface area contributed by atoms with E-state index in [1.54, 1.807) is 18.2 Å². The van der Waals surface area contributed by atoms with Gasteiger partial charge >= 0.3 is 5.69 Å². The summed E-state index contributed by atoms with van der Waals surface area (Å²) in [5.41, 5.74) is 2.68. The van der Waals surface area contributed by atoms with Crippen molar-refractivity contribution in [2.75, 3.05) is 12.4 Å². The Morgan fingerprint density at radius 3 is 2.68 bits per heavy atom. The third-order valence-corrected chi connectivity index (χ3v) is 4.57. The molecule has 0 fully saturated rings. The van der Waals surface area contributed by atoms with Gasteiger partial charge < -0.3 is 15.3 Å². The van der Waals surface area contributed by atoms with Gasteiger partial charge in [0.2, 0.25) is 5.91 Å². The van der Waals surface area contributed by atoms with Crippen LogP contribution in [0.2, 0.25) is 5.02 Å². The number of H-pyrrole nitrogens is 2. The Morgan fingerprint density at radius 2 is 1.92 bits per heavy atom. The molecule has 0 unspecified atom stereocenters. The van der Waals surface area contributed by atoms with E-state index in [1.807, 2.05) is 43.1 Å². The molecular weight excluding hydrogens is 340 g/mol. The van der Waals surface area contributed by atoms with Gasteiger partial charge in [0.15, 0.2) is 0 Å². The molecule has 0 aliphatic heterocycles. The third kappa shape index (κ3) is 3.92. The SMILES string of the molecule is C[C@H](C(=O)Nc1ccc2[nH]c(=O)[nH]c2c1)N(C)Cc1ccccc1Cl. The fourth-order valence-electron chi connectivity index (χ4n) is 2.59. The number of rotatable bonds is 5. The molecule has 25 heavy (non-hydrogen) atoms. The van der Waals surface area contributed by atoms with Gasteiger partial charge in [0.1, 0.15) is 0 Å². The van der Waals surface area contributed by atoms with Crippen LogP contribution >= 0.6 is 11.6 Å².